The van der Waals surface area contributed by atoms with Gasteiger partial charge in [-0.2, -0.15) is 13.2 Å². The predicted molar refractivity (Wildman–Crippen MR) is 104 cm³/mol. The Bertz CT molecular complexity index is 1060. The zero-order valence-corrected chi connectivity index (χ0v) is 15.4. The molecule has 0 saturated heterocycles. The third-order valence-corrected chi connectivity index (χ3v) is 5.00. The number of anilines is 3. The van der Waals surface area contributed by atoms with E-state index in [1.165, 1.54) is 23.1 Å². The topological polar surface area (TPSA) is 43.8 Å². The Kier molecular flexibility index (Phi) is 4.45. The smallest absolute Gasteiger partial charge is 0.416 e. The molecule has 4 rings (SSSR count). The van der Waals surface area contributed by atoms with E-state index in [4.69, 9.17) is 0 Å². The highest BCUT2D eigenvalue weighted by Crippen LogP contribution is 2.44. The van der Waals surface area contributed by atoms with Crippen molar-refractivity contribution in [3.63, 3.8) is 0 Å². The average Bonchev–Trinajstić information content (AvgIpc) is 2.99. The minimum absolute atomic E-state index is 0.0753. The van der Waals surface area contributed by atoms with Crippen LogP contribution in [0, 0.1) is 0 Å². The number of hydrogen-bond donors (Lipinski definition) is 1. The van der Waals surface area contributed by atoms with Crippen LogP contribution in [0.5, 0.6) is 5.75 Å². The van der Waals surface area contributed by atoms with E-state index in [1.54, 1.807) is 54.4 Å². The number of para-hydroxylation sites is 1. The van der Waals surface area contributed by atoms with Gasteiger partial charge < -0.3 is 10.0 Å². The summed E-state index contributed by atoms with van der Waals surface area (Å²) in [5.41, 5.74) is 1.45. The van der Waals surface area contributed by atoms with Crippen LogP contribution < -0.4 is 9.80 Å². The van der Waals surface area contributed by atoms with Crippen LogP contribution in [0.15, 0.2) is 72.8 Å². The number of halogens is 3. The second-order valence-electron chi connectivity index (χ2n) is 6.81. The van der Waals surface area contributed by atoms with Crippen molar-refractivity contribution in [3.8, 4) is 5.75 Å². The van der Waals surface area contributed by atoms with Crippen molar-refractivity contribution in [3.05, 3.63) is 83.9 Å². The molecule has 0 bridgehead atoms. The Morgan fingerprint density at radius 1 is 0.966 bits per heavy atom. The van der Waals surface area contributed by atoms with Crippen molar-refractivity contribution in [2.45, 2.75) is 12.2 Å². The fourth-order valence-corrected chi connectivity index (χ4v) is 3.59. The first-order valence-corrected chi connectivity index (χ1v) is 8.89. The van der Waals surface area contributed by atoms with Crippen LogP contribution in [0.3, 0.4) is 0 Å². The molecule has 3 aromatic rings. The molecule has 148 valence electrons. The number of benzene rings is 3. The Morgan fingerprint density at radius 2 is 1.66 bits per heavy atom. The summed E-state index contributed by atoms with van der Waals surface area (Å²) in [6, 6.07) is 17.5. The first kappa shape index (κ1) is 18.9. The van der Waals surface area contributed by atoms with Crippen molar-refractivity contribution in [1.82, 2.24) is 0 Å². The summed E-state index contributed by atoms with van der Waals surface area (Å²) in [6.07, 6.45) is -4.47. The van der Waals surface area contributed by atoms with Gasteiger partial charge in [-0.25, -0.2) is 0 Å². The van der Waals surface area contributed by atoms with Crippen LogP contribution in [0.2, 0.25) is 0 Å². The minimum atomic E-state index is -4.47. The number of aromatic hydroxyl groups is 1. The van der Waals surface area contributed by atoms with Crippen LogP contribution in [0.25, 0.3) is 0 Å². The van der Waals surface area contributed by atoms with Gasteiger partial charge in [0.1, 0.15) is 11.8 Å². The molecule has 1 unspecified atom stereocenters. The Labute approximate surface area is 165 Å². The quantitative estimate of drug-likeness (QED) is 0.654. The van der Waals surface area contributed by atoms with Gasteiger partial charge in [0.25, 0.3) is 5.91 Å². The van der Waals surface area contributed by atoms with Gasteiger partial charge in [-0.1, -0.05) is 24.3 Å². The number of phenols is 1. The van der Waals surface area contributed by atoms with E-state index in [0.717, 1.165) is 12.1 Å². The number of alkyl halides is 3. The first-order chi connectivity index (χ1) is 13.8. The molecule has 0 aromatic heterocycles. The molecule has 0 spiro atoms. The van der Waals surface area contributed by atoms with E-state index in [2.05, 4.69) is 0 Å². The van der Waals surface area contributed by atoms with Gasteiger partial charge in [-0.3, -0.25) is 9.69 Å². The number of phenolic OH excluding ortho intramolecular Hbond substituents is 1. The summed E-state index contributed by atoms with van der Waals surface area (Å²) in [6.45, 7) is 0. The van der Waals surface area contributed by atoms with Crippen molar-refractivity contribution < 1.29 is 23.1 Å². The number of rotatable bonds is 3. The lowest BCUT2D eigenvalue weighted by Gasteiger charge is -2.27. The highest BCUT2D eigenvalue weighted by molar-refractivity contribution is 6.11. The predicted octanol–water partition coefficient (Wildman–Crippen LogP) is 5.27. The molecule has 1 amide bonds. The van der Waals surface area contributed by atoms with Crippen molar-refractivity contribution in [2.75, 3.05) is 16.8 Å². The van der Waals surface area contributed by atoms with E-state index in [9.17, 15) is 23.1 Å². The number of carbonyl (C=O) groups excluding carboxylic acids is 1. The third-order valence-electron chi connectivity index (χ3n) is 5.00. The fourth-order valence-electron chi connectivity index (χ4n) is 3.59. The molecular weight excluding hydrogens is 381 g/mol. The normalized spacial score (nSPS) is 16.1. The molecule has 1 heterocycles. The highest BCUT2D eigenvalue weighted by Gasteiger charge is 2.41. The van der Waals surface area contributed by atoms with E-state index in [0.29, 0.717) is 22.6 Å². The molecule has 1 aliphatic heterocycles. The zero-order valence-electron chi connectivity index (χ0n) is 15.4. The van der Waals surface area contributed by atoms with Crippen LogP contribution in [-0.2, 0) is 11.0 Å². The van der Waals surface area contributed by atoms with Gasteiger partial charge >= 0.3 is 6.18 Å². The number of hydrogen-bond acceptors (Lipinski definition) is 3. The largest absolute Gasteiger partial charge is 0.508 e. The fraction of sp³-hybridized carbons (Fsp3) is 0.136. The summed E-state index contributed by atoms with van der Waals surface area (Å²) in [7, 11) is 1.61. The van der Waals surface area contributed by atoms with Gasteiger partial charge in [0.2, 0.25) is 0 Å². The number of carbonyl (C=O) groups is 1. The van der Waals surface area contributed by atoms with Gasteiger partial charge in [-0.15, -0.1) is 0 Å². The highest BCUT2D eigenvalue weighted by atomic mass is 19.4. The molecule has 7 heteroatoms. The summed E-state index contributed by atoms with van der Waals surface area (Å²) in [4.78, 5) is 16.4. The monoisotopic (exact) mass is 398 g/mol. The lowest BCUT2D eigenvalue weighted by Crippen LogP contribution is -2.33. The van der Waals surface area contributed by atoms with Gasteiger partial charge in [-0.05, 0) is 48.5 Å². The molecule has 3 aromatic carbocycles. The maximum atomic E-state index is 13.3. The molecular formula is C22H17F3N2O2. The molecule has 0 saturated carbocycles. The van der Waals surface area contributed by atoms with E-state index in [1.807, 2.05) is 0 Å². The minimum Gasteiger partial charge on any atom is -0.508 e. The molecule has 0 aliphatic carbocycles. The van der Waals surface area contributed by atoms with Crippen molar-refractivity contribution in [2.24, 2.45) is 0 Å². The standard InChI is InChI=1S/C22H17F3N2O2/c1-26(16-6-4-5-14(13-16)22(23,24)25)20-18-7-2-3-8-19(18)27(21(20)29)15-9-11-17(28)12-10-15/h2-13,20,28H,1H3. The number of nitrogens with zero attached hydrogens (tertiary/aromatic N) is 2. The second kappa shape index (κ2) is 6.84. The lowest BCUT2D eigenvalue weighted by molar-refractivity contribution is -0.137. The number of likely N-dealkylation sites (N-methyl/N-ethyl adjacent to an activating group) is 1. The Balaban J connectivity index is 1.77. The van der Waals surface area contributed by atoms with Crippen LogP contribution >= 0.6 is 0 Å². The van der Waals surface area contributed by atoms with E-state index < -0.39 is 17.8 Å². The van der Waals surface area contributed by atoms with Crippen LogP contribution in [0.4, 0.5) is 30.2 Å². The summed E-state index contributed by atoms with van der Waals surface area (Å²) >= 11 is 0. The summed E-state index contributed by atoms with van der Waals surface area (Å²) < 4.78 is 39.4. The Hall–Kier alpha value is -3.48. The first-order valence-electron chi connectivity index (χ1n) is 8.89. The number of fused-ring (bicyclic) bond motifs is 1. The van der Waals surface area contributed by atoms with Crippen LogP contribution in [-0.4, -0.2) is 18.1 Å². The molecule has 29 heavy (non-hydrogen) atoms. The van der Waals surface area contributed by atoms with E-state index >= 15 is 0 Å². The maximum absolute atomic E-state index is 13.3. The van der Waals surface area contributed by atoms with Gasteiger partial charge in [0.15, 0.2) is 0 Å². The van der Waals surface area contributed by atoms with Gasteiger partial charge in [0, 0.05) is 24.0 Å². The molecule has 1 atom stereocenters. The maximum Gasteiger partial charge on any atom is 0.416 e. The van der Waals surface area contributed by atoms with E-state index in [-0.39, 0.29) is 11.7 Å². The SMILES string of the molecule is CN(c1cccc(C(F)(F)F)c1)C1C(=O)N(c2ccc(O)cc2)c2ccccc21. The summed E-state index contributed by atoms with van der Waals surface area (Å²) in [5, 5.41) is 9.54. The molecule has 4 nitrogen and oxygen atoms in total. The molecule has 1 N–H and O–H groups in total. The van der Waals surface area contributed by atoms with Crippen LogP contribution in [0.1, 0.15) is 17.2 Å². The number of amides is 1. The average molecular weight is 398 g/mol. The van der Waals surface area contributed by atoms with Crippen molar-refractivity contribution >= 4 is 23.0 Å². The zero-order chi connectivity index (χ0) is 20.8. The summed E-state index contributed by atoms with van der Waals surface area (Å²) in [5.74, 6) is -0.205. The lowest BCUT2D eigenvalue weighted by atomic mass is 10.1. The molecule has 0 fully saturated rings. The molecule has 0 radical (unpaired) electrons. The molecule has 1 aliphatic rings. The third kappa shape index (κ3) is 3.29. The van der Waals surface area contributed by atoms with Crippen molar-refractivity contribution in [1.29, 1.82) is 0 Å². The second-order valence-corrected chi connectivity index (χ2v) is 6.81. The Morgan fingerprint density at radius 3 is 2.34 bits per heavy atom. The van der Waals surface area contributed by atoms with Gasteiger partial charge in [0.05, 0.1) is 11.3 Å².